The first-order chi connectivity index (χ1) is 7.71. The van der Waals surface area contributed by atoms with Crippen LogP contribution < -0.4 is 5.32 Å². The average Bonchev–Trinajstić information content (AvgIpc) is 2.30. The van der Waals surface area contributed by atoms with E-state index >= 15 is 0 Å². The summed E-state index contributed by atoms with van der Waals surface area (Å²) in [5.41, 5.74) is 0.703. The fraction of sp³-hybridized carbons (Fsp3) is 0.308. The van der Waals surface area contributed by atoms with Gasteiger partial charge >= 0.3 is 0 Å². The summed E-state index contributed by atoms with van der Waals surface area (Å²) in [5, 5.41) is 11.6. The highest BCUT2D eigenvalue weighted by atomic mass is 19.1. The number of benzene rings is 1. The standard InChI is InChI=1S/C13H13FN2/c1-3-5-11(4-2)16-13-7-6-10(9-15)8-12(13)14/h1,6-8,11,16H,4-5H2,2H3. The third-order valence-corrected chi connectivity index (χ3v) is 2.31. The summed E-state index contributed by atoms with van der Waals surface area (Å²) in [6.45, 7) is 1.98. The normalized spacial score (nSPS) is 11.2. The molecule has 3 heteroatoms. The molecule has 0 aliphatic rings. The second-order valence-corrected chi connectivity index (χ2v) is 3.46. The molecule has 0 aliphatic carbocycles. The van der Waals surface area contributed by atoms with Gasteiger partial charge in [-0.25, -0.2) is 4.39 Å². The fourth-order valence-electron chi connectivity index (χ4n) is 1.36. The van der Waals surface area contributed by atoms with Gasteiger partial charge in [0.25, 0.3) is 0 Å². The molecule has 0 spiro atoms. The minimum Gasteiger partial charge on any atom is -0.379 e. The molecule has 0 aromatic heterocycles. The number of halogens is 1. The zero-order valence-corrected chi connectivity index (χ0v) is 9.13. The van der Waals surface area contributed by atoms with Crippen LogP contribution >= 0.6 is 0 Å². The van der Waals surface area contributed by atoms with Gasteiger partial charge in [-0.15, -0.1) is 12.3 Å². The Morgan fingerprint density at radius 3 is 2.81 bits per heavy atom. The molecule has 1 atom stereocenters. The largest absolute Gasteiger partial charge is 0.379 e. The van der Waals surface area contributed by atoms with Crippen LogP contribution in [-0.4, -0.2) is 6.04 Å². The Labute approximate surface area is 95.1 Å². The monoisotopic (exact) mass is 216 g/mol. The van der Waals surface area contributed by atoms with Gasteiger partial charge in [-0.2, -0.15) is 5.26 Å². The van der Waals surface area contributed by atoms with Crippen molar-refractivity contribution in [2.24, 2.45) is 0 Å². The second kappa shape index (κ2) is 5.78. The molecule has 2 nitrogen and oxygen atoms in total. The molecule has 1 aromatic carbocycles. The van der Waals surface area contributed by atoms with Gasteiger partial charge in [0.2, 0.25) is 0 Å². The lowest BCUT2D eigenvalue weighted by molar-refractivity contribution is 0.621. The molecule has 1 unspecified atom stereocenters. The molecule has 1 N–H and O–H groups in total. The summed E-state index contributed by atoms with van der Waals surface area (Å²) in [5.74, 6) is 2.12. The number of hydrogen-bond acceptors (Lipinski definition) is 2. The summed E-state index contributed by atoms with van der Waals surface area (Å²) in [6, 6.07) is 6.30. The van der Waals surface area contributed by atoms with Crippen molar-refractivity contribution in [2.75, 3.05) is 5.32 Å². The molecule has 0 bridgehead atoms. The quantitative estimate of drug-likeness (QED) is 0.785. The Morgan fingerprint density at radius 1 is 1.56 bits per heavy atom. The molecule has 0 amide bonds. The Bertz CT molecular complexity index is 440. The van der Waals surface area contributed by atoms with Crippen LogP contribution in [0.2, 0.25) is 0 Å². The van der Waals surface area contributed by atoms with Crippen molar-refractivity contribution < 1.29 is 4.39 Å². The Morgan fingerprint density at radius 2 is 2.31 bits per heavy atom. The van der Waals surface area contributed by atoms with Gasteiger partial charge < -0.3 is 5.32 Å². The van der Waals surface area contributed by atoms with Gasteiger partial charge in [-0.3, -0.25) is 0 Å². The molecular weight excluding hydrogens is 203 g/mol. The minimum atomic E-state index is -0.422. The van der Waals surface area contributed by atoms with E-state index in [4.69, 9.17) is 11.7 Å². The predicted molar refractivity (Wildman–Crippen MR) is 62.3 cm³/mol. The van der Waals surface area contributed by atoms with Gasteiger partial charge in [0.15, 0.2) is 0 Å². The SMILES string of the molecule is C#CCC(CC)Nc1ccc(C#N)cc1F. The van der Waals surface area contributed by atoms with E-state index in [1.54, 1.807) is 12.1 Å². The number of anilines is 1. The summed E-state index contributed by atoms with van der Waals surface area (Å²) >= 11 is 0. The van der Waals surface area contributed by atoms with Crippen molar-refractivity contribution in [1.82, 2.24) is 0 Å². The Kier molecular flexibility index (Phi) is 4.36. The van der Waals surface area contributed by atoms with Crippen LogP contribution in [0, 0.1) is 29.5 Å². The van der Waals surface area contributed by atoms with E-state index in [9.17, 15) is 4.39 Å². The topological polar surface area (TPSA) is 35.8 Å². The smallest absolute Gasteiger partial charge is 0.147 e. The molecule has 0 heterocycles. The molecule has 16 heavy (non-hydrogen) atoms. The number of nitrogens with one attached hydrogen (secondary N) is 1. The molecule has 1 aromatic rings. The molecule has 1 rings (SSSR count). The van der Waals surface area contributed by atoms with E-state index in [0.717, 1.165) is 6.42 Å². The van der Waals surface area contributed by atoms with Gasteiger partial charge in [0.1, 0.15) is 5.82 Å². The minimum absolute atomic E-state index is 0.0624. The lowest BCUT2D eigenvalue weighted by Crippen LogP contribution is -2.18. The highest BCUT2D eigenvalue weighted by Gasteiger charge is 2.08. The van der Waals surface area contributed by atoms with E-state index < -0.39 is 5.82 Å². The highest BCUT2D eigenvalue weighted by molar-refractivity contribution is 5.49. The second-order valence-electron chi connectivity index (χ2n) is 3.46. The predicted octanol–water partition coefficient (Wildman–Crippen LogP) is 2.91. The maximum Gasteiger partial charge on any atom is 0.147 e. The van der Waals surface area contributed by atoms with Crippen molar-refractivity contribution in [1.29, 1.82) is 5.26 Å². The maximum atomic E-state index is 13.5. The van der Waals surface area contributed by atoms with Crippen LogP contribution in [-0.2, 0) is 0 Å². The summed E-state index contributed by atoms with van der Waals surface area (Å²) in [4.78, 5) is 0. The van der Waals surface area contributed by atoms with Crippen LogP contribution in [0.4, 0.5) is 10.1 Å². The van der Waals surface area contributed by atoms with Crippen LogP contribution in [0.15, 0.2) is 18.2 Å². The van der Waals surface area contributed by atoms with Gasteiger partial charge in [0, 0.05) is 12.5 Å². The number of rotatable bonds is 4. The molecule has 0 saturated heterocycles. The van der Waals surface area contributed by atoms with Crippen molar-refractivity contribution in [3.63, 3.8) is 0 Å². The summed E-state index contributed by atoms with van der Waals surface area (Å²) in [7, 11) is 0. The molecule has 82 valence electrons. The first-order valence-corrected chi connectivity index (χ1v) is 5.11. The summed E-state index contributed by atoms with van der Waals surface area (Å²) in [6.07, 6.45) is 6.59. The zero-order valence-electron chi connectivity index (χ0n) is 9.13. The molecule has 0 fully saturated rings. The third-order valence-electron chi connectivity index (χ3n) is 2.31. The Balaban J connectivity index is 2.82. The van der Waals surface area contributed by atoms with Gasteiger partial charge in [-0.05, 0) is 24.6 Å². The fourth-order valence-corrected chi connectivity index (χ4v) is 1.36. The zero-order chi connectivity index (χ0) is 12.0. The molecule has 0 saturated carbocycles. The number of hydrogen-bond donors (Lipinski definition) is 1. The first kappa shape index (κ1) is 12.1. The van der Waals surface area contributed by atoms with E-state index in [1.165, 1.54) is 6.07 Å². The summed E-state index contributed by atoms with van der Waals surface area (Å²) < 4.78 is 13.5. The van der Waals surface area contributed by atoms with Crippen LogP contribution in [0.1, 0.15) is 25.3 Å². The Hall–Kier alpha value is -2.00. The van der Waals surface area contributed by atoms with Crippen molar-refractivity contribution in [2.45, 2.75) is 25.8 Å². The maximum absolute atomic E-state index is 13.5. The number of terminal acetylenes is 1. The van der Waals surface area contributed by atoms with Crippen LogP contribution in [0.3, 0.4) is 0 Å². The van der Waals surface area contributed by atoms with Crippen molar-refractivity contribution >= 4 is 5.69 Å². The molecule has 0 aliphatic heterocycles. The lowest BCUT2D eigenvalue weighted by Gasteiger charge is -2.16. The molecular formula is C13H13FN2. The van der Waals surface area contributed by atoms with Crippen LogP contribution in [0.25, 0.3) is 0 Å². The van der Waals surface area contributed by atoms with E-state index in [2.05, 4.69) is 11.2 Å². The van der Waals surface area contributed by atoms with Crippen LogP contribution in [0.5, 0.6) is 0 Å². The van der Waals surface area contributed by atoms with Gasteiger partial charge in [0.05, 0.1) is 17.3 Å². The lowest BCUT2D eigenvalue weighted by atomic mass is 10.1. The average molecular weight is 216 g/mol. The molecule has 0 radical (unpaired) electrons. The van der Waals surface area contributed by atoms with Crippen molar-refractivity contribution in [3.8, 4) is 18.4 Å². The van der Waals surface area contributed by atoms with E-state index in [1.807, 2.05) is 13.0 Å². The number of nitrogens with zero attached hydrogens (tertiary/aromatic N) is 1. The first-order valence-electron chi connectivity index (χ1n) is 5.11. The van der Waals surface area contributed by atoms with E-state index in [0.29, 0.717) is 17.7 Å². The number of nitriles is 1. The highest BCUT2D eigenvalue weighted by Crippen LogP contribution is 2.17. The third kappa shape index (κ3) is 3.00. The van der Waals surface area contributed by atoms with Crippen molar-refractivity contribution in [3.05, 3.63) is 29.6 Å². The van der Waals surface area contributed by atoms with E-state index in [-0.39, 0.29) is 6.04 Å². The van der Waals surface area contributed by atoms with Gasteiger partial charge in [-0.1, -0.05) is 6.92 Å².